The molecule has 0 aliphatic carbocycles. The lowest BCUT2D eigenvalue weighted by atomic mass is 9.99. The van der Waals surface area contributed by atoms with E-state index in [1.807, 2.05) is 12.1 Å². The summed E-state index contributed by atoms with van der Waals surface area (Å²) < 4.78 is 35.0. The van der Waals surface area contributed by atoms with E-state index in [0.717, 1.165) is 23.1 Å². The average Bonchev–Trinajstić information content (AvgIpc) is 3.46. The second kappa shape index (κ2) is 8.37. The Morgan fingerprint density at radius 3 is 3.03 bits per heavy atom. The minimum Gasteiger partial charge on any atom is -0.493 e. The Kier molecular flexibility index (Phi) is 5.38. The maximum atomic E-state index is 13.2. The number of carbonyl (C=O) groups excluding carboxylic acids is 1. The largest absolute Gasteiger partial charge is 0.493 e. The van der Waals surface area contributed by atoms with Crippen LogP contribution in [0.2, 0.25) is 0 Å². The minimum absolute atomic E-state index is 0.0954. The molecule has 33 heavy (non-hydrogen) atoms. The Bertz CT molecular complexity index is 1360. The summed E-state index contributed by atoms with van der Waals surface area (Å²) in [6.45, 7) is 1.56. The predicted molar refractivity (Wildman–Crippen MR) is 120 cm³/mol. The second-order valence-corrected chi connectivity index (χ2v) is 9.24. The van der Waals surface area contributed by atoms with E-state index in [2.05, 4.69) is 19.8 Å². The Morgan fingerprint density at radius 1 is 1.30 bits per heavy atom. The number of carbonyl (C=O) groups is 1. The van der Waals surface area contributed by atoms with Crippen molar-refractivity contribution in [2.24, 2.45) is 9.50 Å². The number of nitrogens with zero attached hydrogens (tertiary/aromatic N) is 4. The summed E-state index contributed by atoms with van der Waals surface area (Å²) in [7, 11) is -2.06. The molecule has 0 saturated carbocycles. The molecule has 2 aliphatic rings. The van der Waals surface area contributed by atoms with E-state index >= 15 is 0 Å². The van der Waals surface area contributed by atoms with Gasteiger partial charge in [-0.05, 0) is 23.8 Å². The number of fused-ring (bicyclic) bond motifs is 2. The van der Waals surface area contributed by atoms with Crippen LogP contribution in [0, 0.1) is 0 Å². The molecule has 0 unspecified atom stereocenters. The highest BCUT2D eigenvalue weighted by Gasteiger charge is 2.25. The van der Waals surface area contributed by atoms with Crippen molar-refractivity contribution in [2.75, 3.05) is 25.6 Å². The van der Waals surface area contributed by atoms with Crippen molar-refractivity contribution in [1.29, 1.82) is 0 Å². The zero-order valence-corrected chi connectivity index (χ0v) is 18.6. The molecule has 2 aliphatic heterocycles. The number of hydrogen-bond acceptors (Lipinski definition) is 7. The number of hydrogen-bond donors (Lipinski definition) is 2. The summed E-state index contributed by atoms with van der Waals surface area (Å²) in [6.07, 6.45) is 4.33. The topological polar surface area (TPSA) is 143 Å². The Balaban J connectivity index is 1.52. The number of nitrogens with one attached hydrogen (secondary N) is 1. The second-order valence-electron chi connectivity index (χ2n) is 7.48. The van der Waals surface area contributed by atoms with Gasteiger partial charge in [-0.15, -0.1) is 4.36 Å². The lowest BCUT2D eigenvalue weighted by Crippen LogP contribution is -2.21. The van der Waals surface area contributed by atoms with Gasteiger partial charge in [0.1, 0.15) is 10.6 Å². The lowest BCUT2D eigenvalue weighted by molar-refractivity contribution is 0.224. The van der Waals surface area contributed by atoms with E-state index in [4.69, 9.17) is 19.3 Å². The van der Waals surface area contributed by atoms with E-state index in [1.54, 1.807) is 23.0 Å². The van der Waals surface area contributed by atoms with Crippen LogP contribution in [0.1, 0.15) is 12.0 Å². The van der Waals surface area contributed by atoms with Crippen LogP contribution in [0.15, 0.2) is 45.9 Å². The first kappa shape index (κ1) is 21.2. The number of aromatic nitrogens is 3. The Labute approximate surface area is 190 Å². The number of nitrogens with two attached hydrogens (primary N) is 1. The molecule has 1 aromatic carbocycles. The molecule has 172 valence electrons. The summed E-state index contributed by atoms with van der Waals surface area (Å²) >= 11 is 0. The first-order chi connectivity index (χ1) is 16.0. The third kappa shape index (κ3) is 3.98. The Hall–Kier alpha value is -3.64. The van der Waals surface area contributed by atoms with Gasteiger partial charge in [0.05, 0.1) is 32.2 Å². The maximum absolute atomic E-state index is 13.2. The zero-order valence-electron chi connectivity index (χ0n) is 17.8. The number of anilines is 1. The van der Waals surface area contributed by atoms with Crippen molar-refractivity contribution < 1.29 is 23.2 Å². The maximum Gasteiger partial charge on any atom is 0.354 e. The molecule has 0 bridgehead atoms. The fraction of sp³-hybridized carbons (Fsp3) is 0.286. The van der Waals surface area contributed by atoms with Crippen molar-refractivity contribution in [3.05, 3.63) is 42.2 Å². The molecule has 2 amide bonds. The van der Waals surface area contributed by atoms with Crippen LogP contribution in [-0.4, -0.2) is 45.3 Å². The number of benzene rings is 1. The molecule has 5 rings (SSSR count). The summed E-state index contributed by atoms with van der Waals surface area (Å²) in [5, 5.41) is 12.9. The molecule has 0 fully saturated rings. The standard InChI is InChI=1S/C21H22N6O5S/c1-30-18-11-13(5-7-23-18)14-3-4-16-15(6-10-31-16)19(14)25-21(28)26-33(22,29)17-12-24-27-8-2-9-32-20(17)27/h3-5,7,11-12H,2,6,8-10H2,1H3,(H3,22,25,26,28,29)/t33-/m0/s1. The monoisotopic (exact) mass is 470 g/mol. The van der Waals surface area contributed by atoms with Crippen LogP contribution < -0.4 is 24.7 Å². The summed E-state index contributed by atoms with van der Waals surface area (Å²) in [6, 6.07) is 6.39. The highest BCUT2D eigenvalue weighted by atomic mass is 32.2. The van der Waals surface area contributed by atoms with Crippen molar-refractivity contribution in [3.8, 4) is 28.6 Å². The van der Waals surface area contributed by atoms with Gasteiger partial charge in [0, 0.05) is 42.8 Å². The number of rotatable bonds is 4. The Morgan fingerprint density at radius 2 is 2.18 bits per heavy atom. The van der Waals surface area contributed by atoms with Crippen LogP contribution in [-0.2, 0) is 22.9 Å². The van der Waals surface area contributed by atoms with Gasteiger partial charge >= 0.3 is 6.03 Å². The van der Waals surface area contributed by atoms with E-state index in [-0.39, 0.29) is 10.8 Å². The summed E-state index contributed by atoms with van der Waals surface area (Å²) in [5.74, 6) is 1.38. The number of amides is 2. The van der Waals surface area contributed by atoms with Gasteiger partial charge in [-0.1, -0.05) is 0 Å². The molecular weight excluding hydrogens is 448 g/mol. The molecule has 0 radical (unpaired) electrons. The first-order valence-electron chi connectivity index (χ1n) is 10.3. The molecule has 2 aromatic heterocycles. The third-order valence-corrected chi connectivity index (χ3v) is 6.76. The minimum atomic E-state index is -3.59. The predicted octanol–water partition coefficient (Wildman–Crippen LogP) is 2.60. The smallest absolute Gasteiger partial charge is 0.354 e. The van der Waals surface area contributed by atoms with E-state index in [0.29, 0.717) is 43.5 Å². The number of urea groups is 1. The fourth-order valence-electron chi connectivity index (χ4n) is 3.89. The van der Waals surface area contributed by atoms with Gasteiger partial charge in [-0.3, -0.25) is 0 Å². The first-order valence-corrected chi connectivity index (χ1v) is 11.9. The van der Waals surface area contributed by atoms with Crippen LogP contribution >= 0.6 is 0 Å². The number of pyridine rings is 1. The molecule has 12 heteroatoms. The van der Waals surface area contributed by atoms with Crippen LogP contribution in [0.4, 0.5) is 10.5 Å². The van der Waals surface area contributed by atoms with Gasteiger partial charge in [0.15, 0.2) is 9.92 Å². The van der Waals surface area contributed by atoms with Crippen LogP contribution in [0.25, 0.3) is 11.1 Å². The van der Waals surface area contributed by atoms with Gasteiger partial charge in [-0.2, -0.15) is 5.10 Å². The van der Waals surface area contributed by atoms with Gasteiger partial charge < -0.3 is 19.5 Å². The summed E-state index contributed by atoms with van der Waals surface area (Å²) in [5.41, 5.74) is 2.83. The average molecular weight is 471 g/mol. The zero-order chi connectivity index (χ0) is 23.0. The van der Waals surface area contributed by atoms with Crippen LogP contribution in [0.3, 0.4) is 0 Å². The van der Waals surface area contributed by atoms with Gasteiger partial charge in [0.25, 0.3) is 0 Å². The molecule has 4 heterocycles. The lowest BCUT2D eigenvalue weighted by Gasteiger charge is -2.16. The van der Waals surface area contributed by atoms with E-state index < -0.39 is 15.9 Å². The number of aryl methyl sites for hydroxylation is 1. The van der Waals surface area contributed by atoms with E-state index in [9.17, 15) is 9.00 Å². The van der Waals surface area contributed by atoms with Crippen molar-refractivity contribution in [1.82, 2.24) is 14.8 Å². The molecule has 11 nitrogen and oxygen atoms in total. The number of methoxy groups -OCH3 is 1. The molecule has 1 atom stereocenters. The molecule has 3 aromatic rings. The van der Waals surface area contributed by atoms with Crippen molar-refractivity contribution in [2.45, 2.75) is 24.3 Å². The molecule has 3 N–H and O–H groups in total. The highest BCUT2D eigenvalue weighted by Crippen LogP contribution is 2.40. The quantitative estimate of drug-likeness (QED) is 0.596. The third-order valence-electron chi connectivity index (χ3n) is 5.41. The van der Waals surface area contributed by atoms with Crippen molar-refractivity contribution >= 4 is 21.6 Å². The van der Waals surface area contributed by atoms with Gasteiger partial charge in [-0.25, -0.2) is 23.8 Å². The van der Waals surface area contributed by atoms with E-state index in [1.165, 1.54) is 13.3 Å². The fourth-order valence-corrected chi connectivity index (χ4v) is 4.90. The van der Waals surface area contributed by atoms with Crippen LogP contribution in [0.5, 0.6) is 17.5 Å². The normalized spacial score (nSPS) is 15.9. The van der Waals surface area contributed by atoms with Crippen molar-refractivity contribution in [3.63, 3.8) is 0 Å². The molecular formula is C21H22N6O5S. The summed E-state index contributed by atoms with van der Waals surface area (Å²) in [4.78, 5) is 17.1. The molecule has 0 saturated heterocycles. The molecule has 0 spiro atoms. The number of ether oxygens (including phenoxy) is 3. The van der Waals surface area contributed by atoms with Gasteiger partial charge in [0.2, 0.25) is 11.8 Å². The highest BCUT2D eigenvalue weighted by molar-refractivity contribution is 7.91. The SMILES string of the molecule is COc1cc(-c2ccc3c(c2NC(=O)N=[S@](N)(=O)c2cnn4c2OCCC4)CCO3)ccn1.